The Kier molecular flexibility index (Phi) is 6.73. The maximum Gasteiger partial charge on any atom is 0.248 e. The van der Waals surface area contributed by atoms with Crippen LogP contribution in [0.1, 0.15) is 19.3 Å². The van der Waals surface area contributed by atoms with E-state index in [0.717, 1.165) is 41.3 Å². The van der Waals surface area contributed by atoms with Gasteiger partial charge in [-0.1, -0.05) is 6.08 Å². The lowest BCUT2D eigenvalue weighted by molar-refractivity contribution is -0.111. The number of carbonyl (C=O) groups excluding carboxylic acids is 1. The van der Waals surface area contributed by atoms with Crippen LogP contribution in [0.3, 0.4) is 0 Å². The molecule has 1 fully saturated rings. The van der Waals surface area contributed by atoms with E-state index >= 15 is 0 Å². The molecule has 9 heteroatoms. The lowest BCUT2D eigenvalue weighted by Crippen LogP contribution is -2.25. The molecular formula is C27H27FN6O2. The third-order valence-electron chi connectivity index (χ3n) is 6.08. The SMILES string of the molecule is CN(C)C/C=C/C(=O)Nc1cc(-c2cnc3[nH]cc(-c4ccnc(F)c4)c3c2)cnc1OC1CCC1. The van der Waals surface area contributed by atoms with Crippen LogP contribution in [0.15, 0.2) is 61.2 Å². The van der Waals surface area contributed by atoms with E-state index in [-0.39, 0.29) is 12.0 Å². The second-order valence-corrected chi connectivity index (χ2v) is 9.09. The van der Waals surface area contributed by atoms with Crippen molar-refractivity contribution in [1.29, 1.82) is 0 Å². The van der Waals surface area contributed by atoms with E-state index in [1.165, 1.54) is 18.3 Å². The molecule has 2 N–H and O–H groups in total. The van der Waals surface area contributed by atoms with Crippen molar-refractivity contribution < 1.29 is 13.9 Å². The number of anilines is 1. The lowest BCUT2D eigenvalue weighted by Gasteiger charge is -2.26. The number of aromatic nitrogens is 4. The molecule has 1 amide bonds. The van der Waals surface area contributed by atoms with Crippen LogP contribution >= 0.6 is 0 Å². The number of pyridine rings is 3. The molecule has 0 bridgehead atoms. The molecule has 0 unspecified atom stereocenters. The van der Waals surface area contributed by atoms with Crippen LogP contribution < -0.4 is 10.1 Å². The Morgan fingerprint density at radius 1 is 1.17 bits per heavy atom. The first-order valence-corrected chi connectivity index (χ1v) is 11.8. The summed E-state index contributed by atoms with van der Waals surface area (Å²) in [6, 6.07) is 6.96. The van der Waals surface area contributed by atoms with Gasteiger partial charge in [-0.3, -0.25) is 4.79 Å². The van der Waals surface area contributed by atoms with Gasteiger partial charge in [0.25, 0.3) is 0 Å². The highest BCUT2D eigenvalue weighted by atomic mass is 19.1. The normalized spacial score (nSPS) is 13.9. The van der Waals surface area contributed by atoms with Gasteiger partial charge in [0.2, 0.25) is 17.7 Å². The predicted octanol–water partition coefficient (Wildman–Crippen LogP) is 4.81. The molecule has 0 radical (unpaired) electrons. The standard InChI is InChI=1S/C27H27FN6O2/c1-34(2)10-4-7-25(35)33-23-12-19(15-32-27(23)36-20-5-3-6-20)18-11-21-22(16-31-26(21)30-14-18)17-8-9-29-24(28)13-17/h4,7-9,11-16,20H,3,5-6,10H2,1-2H3,(H,30,31)(H,33,35)/b7-4+. The van der Waals surface area contributed by atoms with Crippen molar-refractivity contribution in [2.45, 2.75) is 25.4 Å². The Bertz CT molecular complexity index is 1430. The maximum atomic E-state index is 13.7. The highest BCUT2D eigenvalue weighted by Gasteiger charge is 2.22. The van der Waals surface area contributed by atoms with E-state index in [9.17, 15) is 9.18 Å². The third-order valence-corrected chi connectivity index (χ3v) is 6.08. The van der Waals surface area contributed by atoms with E-state index in [0.29, 0.717) is 29.3 Å². The number of hydrogen-bond donors (Lipinski definition) is 2. The van der Waals surface area contributed by atoms with Crippen molar-refractivity contribution in [1.82, 2.24) is 24.8 Å². The Morgan fingerprint density at radius 3 is 2.72 bits per heavy atom. The molecule has 1 aliphatic rings. The van der Waals surface area contributed by atoms with Crippen LogP contribution in [-0.2, 0) is 4.79 Å². The van der Waals surface area contributed by atoms with Crippen molar-refractivity contribution in [2.24, 2.45) is 0 Å². The fraction of sp³-hybridized carbons (Fsp3) is 0.259. The highest BCUT2D eigenvalue weighted by Crippen LogP contribution is 2.34. The number of aromatic amines is 1. The first-order valence-electron chi connectivity index (χ1n) is 11.8. The first kappa shape index (κ1) is 23.6. The summed E-state index contributed by atoms with van der Waals surface area (Å²) in [6.45, 7) is 0.656. The Balaban J connectivity index is 1.48. The van der Waals surface area contributed by atoms with Gasteiger partial charge < -0.3 is 19.9 Å². The van der Waals surface area contributed by atoms with E-state index in [1.807, 2.05) is 31.1 Å². The van der Waals surface area contributed by atoms with Gasteiger partial charge in [-0.05, 0) is 57.1 Å². The molecule has 1 saturated carbocycles. The van der Waals surface area contributed by atoms with Gasteiger partial charge in [-0.25, -0.2) is 15.0 Å². The van der Waals surface area contributed by atoms with Crippen molar-refractivity contribution in [2.75, 3.05) is 26.0 Å². The summed E-state index contributed by atoms with van der Waals surface area (Å²) in [7, 11) is 3.87. The summed E-state index contributed by atoms with van der Waals surface area (Å²) >= 11 is 0. The summed E-state index contributed by atoms with van der Waals surface area (Å²) in [6.07, 6.45) is 13.2. The first-order chi connectivity index (χ1) is 17.5. The average molecular weight is 487 g/mol. The van der Waals surface area contributed by atoms with Crippen LogP contribution in [0.5, 0.6) is 5.88 Å². The van der Waals surface area contributed by atoms with Crippen LogP contribution in [0.4, 0.5) is 10.1 Å². The number of fused-ring (bicyclic) bond motifs is 1. The summed E-state index contributed by atoms with van der Waals surface area (Å²) in [5.74, 6) is -0.394. The van der Waals surface area contributed by atoms with Crippen LogP contribution in [-0.4, -0.2) is 57.5 Å². The molecule has 0 atom stereocenters. The number of amides is 1. The molecule has 0 spiro atoms. The van der Waals surface area contributed by atoms with Gasteiger partial charge in [0.05, 0.1) is 0 Å². The van der Waals surface area contributed by atoms with E-state index < -0.39 is 5.95 Å². The minimum Gasteiger partial charge on any atom is -0.473 e. The molecule has 4 aromatic heterocycles. The molecule has 8 nitrogen and oxygen atoms in total. The minimum atomic E-state index is -0.544. The molecule has 0 aromatic carbocycles. The van der Waals surface area contributed by atoms with E-state index in [2.05, 4.69) is 25.3 Å². The van der Waals surface area contributed by atoms with Crippen LogP contribution in [0.25, 0.3) is 33.3 Å². The second-order valence-electron chi connectivity index (χ2n) is 9.09. The number of nitrogens with one attached hydrogen (secondary N) is 2. The number of hydrogen-bond acceptors (Lipinski definition) is 6. The van der Waals surface area contributed by atoms with Gasteiger partial charge in [0, 0.05) is 65.6 Å². The fourth-order valence-corrected chi connectivity index (χ4v) is 3.96. The number of halogens is 1. The maximum absolute atomic E-state index is 13.7. The van der Waals surface area contributed by atoms with Crippen molar-refractivity contribution in [3.05, 3.63) is 67.2 Å². The zero-order valence-electron chi connectivity index (χ0n) is 20.2. The third kappa shape index (κ3) is 5.26. The van der Waals surface area contributed by atoms with E-state index in [4.69, 9.17) is 4.74 Å². The lowest BCUT2D eigenvalue weighted by atomic mass is 9.96. The van der Waals surface area contributed by atoms with Crippen molar-refractivity contribution >= 4 is 22.6 Å². The number of rotatable bonds is 8. The molecule has 0 saturated heterocycles. The number of nitrogens with zero attached hydrogens (tertiary/aromatic N) is 4. The molecule has 36 heavy (non-hydrogen) atoms. The highest BCUT2D eigenvalue weighted by molar-refractivity contribution is 6.01. The Hall–Kier alpha value is -4.11. The number of ether oxygens (including phenoxy) is 1. The molecule has 184 valence electrons. The number of carbonyl (C=O) groups is 1. The molecule has 1 aliphatic carbocycles. The van der Waals surface area contributed by atoms with Gasteiger partial charge in [0.1, 0.15) is 17.4 Å². The van der Waals surface area contributed by atoms with Gasteiger partial charge in [-0.2, -0.15) is 4.39 Å². The number of likely N-dealkylation sites (N-methyl/N-ethyl adjacent to an activating group) is 1. The zero-order valence-corrected chi connectivity index (χ0v) is 20.2. The molecule has 5 rings (SSSR count). The monoisotopic (exact) mass is 486 g/mol. The quantitative estimate of drug-likeness (QED) is 0.274. The smallest absolute Gasteiger partial charge is 0.248 e. The fourth-order valence-electron chi connectivity index (χ4n) is 3.96. The Morgan fingerprint density at radius 2 is 1.97 bits per heavy atom. The van der Waals surface area contributed by atoms with Crippen molar-refractivity contribution in [3.63, 3.8) is 0 Å². The molecule has 0 aliphatic heterocycles. The summed E-state index contributed by atoms with van der Waals surface area (Å²) in [5, 5.41) is 3.75. The van der Waals surface area contributed by atoms with E-state index in [1.54, 1.807) is 30.7 Å². The van der Waals surface area contributed by atoms with Crippen LogP contribution in [0.2, 0.25) is 0 Å². The van der Waals surface area contributed by atoms with Crippen molar-refractivity contribution in [3.8, 4) is 28.1 Å². The van der Waals surface area contributed by atoms with Gasteiger partial charge in [-0.15, -0.1) is 0 Å². The Labute approximate surface area is 208 Å². The minimum absolute atomic E-state index is 0.115. The molecule has 4 heterocycles. The molecule has 4 aromatic rings. The summed E-state index contributed by atoms with van der Waals surface area (Å²) in [5.41, 5.74) is 4.28. The van der Waals surface area contributed by atoms with Crippen LogP contribution in [0, 0.1) is 5.95 Å². The van der Waals surface area contributed by atoms with Gasteiger partial charge >= 0.3 is 0 Å². The zero-order chi connectivity index (χ0) is 25.1. The average Bonchev–Trinajstić information content (AvgIpc) is 3.25. The largest absolute Gasteiger partial charge is 0.473 e. The topological polar surface area (TPSA) is 96.0 Å². The summed E-state index contributed by atoms with van der Waals surface area (Å²) < 4.78 is 19.8. The summed E-state index contributed by atoms with van der Waals surface area (Å²) in [4.78, 5) is 30.4. The number of H-pyrrole nitrogens is 1. The predicted molar refractivity (Wildman–Crippen MR) is 137 cm³/mol. The molecular weight excluding hydrogens is 459 g/mol. The van der Waals surface area contributed by atoms with Gasteiger partial charge in [0.15, 0.2) is 0 Å². The second kappa shape index (κ2) is 10.2.